The Morgan fingerprint density at radius 1 is 0.776 bits per heavy atom. The van der Waals surface area contributed by atoms with Crippen LogP contribution in [0.15, 0.2) is 36.0 Å². The Hall–Kier alpha value is -2.00. The van der Waals surface area contributed by atoms with Gasteiger partial charge in [-0.2, -0.15) is 0 Å². The van der Waals surface area contributed by atoms with E-state index >= 15 is 0 Å². The fraction of sp³-hybridized carbons (Fsp3) is 0.805. The monoisotopic (exact) mass is 686 g/mol. The molecular formula is C41H66O8. The Morgan fingerprint density at radius 3 is 1.90 bits per heavy atom. The second-order valence-electron chi connectivity index (χ2n) is 18.1. The molecular weight excluding hydrogens is 620 g/mol. The van der Waals surface area contributed by atoms with E-state index in [9.17, 15) is 30.0 Å². The molecule has 8 heteroatoms. The van der Waals surface area contributed by atoms with Crippen molar-refractivity contribution in [1.29, 1.82) is 0 Å². The van der Waals surface area contributed by atoms with Gasteiger partial charge >= 0.3 is 11.9 Å². The average Bonchev–Trinajstić information content (AvgIpc) is 3.04. The third-order valence-electron chi connectivity index (χ3n) is 15.2. The van der Waals surface area contributed by atoms with Crippen LogP contribution in [0.5, 0.6) is 0 Å². The van der Waals surface area contributed by atoms with Crippen LogP contribution in [0.4, 0.5) is 0 Å². The minimum atomic E-state index is -1.26. The zero-order chi connectivity index (χ0) is 37.0. The maximum Gasteiger partial charge on any atom is 0.333 e. The van der Waals surface area contributed by atoms with Gasteiger partial charge in [0.05, 0.1) is 36.4 Å². The number of ether oxygens (including phenoxy) is 2. The lowest BCUT2D eigenvalue weighted by atomic mass is 9.35. The van der Waals surface area contributed by atoms with Crippen molar-refractivity contribution in [2.45, 2.75) is 145 Å². The largest absolute Gasteiger partial charge is 0.462 e. The van der Waals surface area contributed by atoms with Crippen LogP contribution in [0.3, 0.4) is 0 Å². The highest BCUT2D eigenvalue weighted by molar-refractivity contribution is 5.88. The molecule has 0 heterocycles. The summed E-state index contributed by atoms with van der Waals surface area (Å²) in [5.74, 6) is -0.804. The summed E-state index contributed by atoms with van der Waals surface area (Å²) in [6.45, 7) is 24.2. The molecule has 4 aliphatic carbocycles. The zero-order valence-electron chi connectivity index (χ0n) is 32.0. The van der Waals surface area contributed by atoms with Crippen molar-refractivity contribution in [3.63, 3.8) is 0 Å². The highest BCUT2D eigenvalue weighted by Crippen LogP contribution is 2.73. The number of hydrogen-bond acceptors (Lipinski definition) is 8. The van der Waals surface area contributed by atoms with Crippen molar-refractivity contribution in [2.75, 3.05) is 13.2 Å². The van der Waals surface area contributed by atoms with Gasteiger partial charge in [-0.3, -0.25) is 0 Å². The molecule has 278 valence electrons. The number of hydrogen-bond donors (Lipinski definition) is 4. The molecule has 0 aromatic heterocycles. The van der Waals surface area contributed by atoms with Crippen LogP contribution < -0.4 is 0 Å². The predicted octanol–water partition coefficient (Wildman–Crippen LogP) is 6.70. The molecule has 3 unspecified atom stereocenters. The molecule has 49 heavy (non-hydrogen) atoms. The van der Waals surface area contributed by atoms with E-state index in [1.54, 1.807) is 32.9 Å². The van der Waals surface area contributed by atoms with Gasteiger partial charge in [-0.25, -0.2) is 9.59 Å². The molecule has 0 bridgehead atoms. The van der Waals surface area contributed by atoms with Crippen molar-refractivity contribution in [3.05, 3.63) is 36.0 Å². The summed E-state index contributed by atoms with van der Waals surface area (Å²) in [7, 11) is 0. The van der Waals surface area contributed by atoms with Gasteiger partial charge in [0.25, 0.3) is 0 Å². The number of esters is 2. The molecule has 4 rings (SSSR count). The Kier molecular flexibility index (Phi) is 11.2. The molecule has 4 N–H and O–H groups in total. The van der Waals surface area contributed by atoms with E-state index < -0.39 is 46.6 Å². The van der Waals surface area contributed by atoms with Crippen molar-refractivity contribution in [1.82, 2.24) is 0 Å². The summed E-state index contributed by atoms with van der Waals surface area (Å²) in [6.07, 6.45) is 7.01. The standard InChI is InChI=1S/C41H66O8/c1-12-15-29-38(9)18-17-30(42)39(10,23-48-34(46)25(4)13-2)28(38)16-19-40(29,11)37(8)21-27-20-36(6,7)32(44)33(45)41(27,31(43)22-37)24-49-35(47)26(5)14-3/h12-14,27-33,42-45H,1,15-24H2,2-11H3/b25-13+,26-14-/t27?,28?,29?,30-,31+,32-,33-,37-,38-,39+,40+,41-/m0/s1. The van der Waals surface area contributed by atoms with Crippen LogP contribution in [-0.4, -0.2) is 70.0 Å². The summed E-state index contributed by atoms with van der Waals surface area (Å²) >= 11 is 0. The fourth-order valence-corrected chi connectivity index (χ4v) is 11.5. The second kappa shape index (κ2) is 13.9. The molecule has 0 spiro atoms. The Morgan fingerprint density at radius 2 is 1.35 bits per heavy atom. The SMILES string of the molecule is C=CCC1[C@@]2(C)CC[C@H](O)[C@](C)(COC(=O)/C(C)=C/C)C2CC[C@@]1(C)[C@@]1(C)CC2CC(C)(C)[C@@H](O)[C@H](O)[C@]2(COC(=O)/C(C)=C\C)[C@H](O)C1. The molecule has 0 amide bonds. The van der Waals surface area contributed by atoms with E-state index in [0.29, 0.717) is 36.8 Å². The molecule has 0 aromatic rings. The molecule has 0 radical (unpaired) electrons. The van der Waals surface area contributed by atoms with Gasteiger partial charge in [0.2, 0.25) is 0 Å². The molecule has 0 aromatic carbocycles. The van der Waals surface area contributed by atoms with E-state index in [4.69, 9.17) is 9.47 Å². The molecule has 12 atom stereocenters. The van der Waals surface area contributed by atoms with Gasteiger partial charge in [0.15, 0.2) is 0 Å². The smallest absolute Gasteiger partial charge is 0.333 e. The minimum Gasteiger partial charge on any atom is -0.462 e. The summed E-state index contributed by atoms with van der Waals surface area (Å²) in [6, 6.07) is 0. The molecule has 0 aliphatic heterocycles. The quantitative estimate of drug-likeness (QED) is 0.120. The van der Waals surface area contributed by atoms with Crippen molar-refractivity contribution in [2.24, 2.45) is 50.2 Å². The molecule has 8 nitrogen and oxygen atoms in total. The molecule has 4 fully saturated rings. The number of fused-ring (bicyclic) bond motifs is 2. The van der Waals surface area contributed by atoms with Gasteiger partial charge in [-0.1, -0.05) is 59.8 Å². The van der Waals surface area contributed by atoms with Crippen LogP contribution >= 0.6 is 0 Å². The third kappa shape index (κ3) is 6.29. The lowest BCUT2D eigenvalue weighted by Gasteiger charge is -2.70. The van der Waals surface area contributed by atoms with Crippen molar-refractivity contribution < 1.29 is 39.5 Å². The summed E-state index contributed by atoms with van der Waals surface area (Å²) in [5.41, 5.74) is -2.27. The summed E-state index contributed by atoms with van der Waals surface area (Å²) in [4.78, 5) is 25.6. The van der Waals surface area contributed by atoms with Crippen LogP contribution in [-0.2, 0) is 19.1 Å². The molecule has 4 aliphatic rings. The van der Waals surface area contributed by atoms with E-state index in [0.717, 1.165) is 25.7 Å². The Labute approximate surface area is 295 Å². The first-order chi connectivity index (χ1) is 22.6. The van der Waals surface area contributed by atoms with Gasteiger partial charge in [0.1, 0.15) is 6.61 Å². The first kappa shape index (κ1) is 39.8. The lowest BCUT2D eigenvalue weighted by Crippen LogP contribution is -2.70. The van der Waals surface area contributed by atoms with E-state index in [2.05, 4.69) is 34.3 Å². The van der Waals surface area contributed by atoms with Crippen molar-refractivity contribution >= 4 is 11.9 Å². The van der Waals surface area contributed by atoms with Gasteiger partial charge in [0, 0.05) is 16.6 Å². The lowest BCUT2D eigenvalue weighted by molar-refractivity contribution is -0.276. The Bertz CT molecular complexity index is 1330. The third-order valence-corrected chi connectivity index (χ3v) is 15.2. The second-order valence-corrected chi connectivity index (χ2v) is 18.1. The van der Waals surface area contributed by atoms with E-state index in [1.165, 1.54) is 0 Å². The number of carbonyl (C=O) groups excluding carboxylic acids is 2. The number of allylic oxidation sites excluding steroid dienone is 3. The number of rotatable bonds is 9. The number of aliphatic hydroxyl groups is 4. The topological polar surface area (TPSA) is 134 Å². The van der Waals surface area contributed by atoms with Crippen LogP contribution in [0.1, 0.15) is 121 Å². The summed E-state index contributed by atoms with van der Waals surface area (Å²) < 4.78 is 11.7. The number of aliphatic hydroxyl groups excluding tert-OH is 4. The highest BCUT2D eigenvalue weighted by atomic mass is 16.5. The van der Waals surface area contributed by atoms with Gasteiger partial charge in [-0.15, -0.1) is 6.58 Å². The maximum atomic E-state index is 12.9. The fourth-order valence-electron chi connectivity index (χ4n) is 11.5. The highest BCUT2D eigenvalue weighted by Gasteiger charge is 2.70. The first-order valence-corrected chi connectivity index (χ1v) is 18.6. The van der Waals surface area contributed by atoms with Crippen LogP contribution in [0.2, 0.25) is 0 Å². The van der Waals surface area contributed by atoms with Crippen molar-refractivity contribution in [3.8, 4) is 0 Å². The Balaban J connectivity index is 1.74. The normalized spacial score (nSPS) is 45.5. The maximum absolute atomic E-state index is 12.9. The number of carbonyl (C=O) groups is 2. The minimum absolute atomic E-state index is 0.0940. The molecule has 0 saturated heterocycles. The summed E-state index contributed by atoms with van der Waals surface area (Å²) in [5, 5.41) is 47.1. The zero-order valence-corrected chi connectivity index (χ0v) is 32.0. The van der Waals surface area contributed by atoms with Crippen LogP contribution in [0.25, 0.3) is 0 Å². The van der Waals surface area contributed by atoms with Gasteiger partial charge < -0.3 is 29.9 Å². The van der Waals surface area contributed by atoms with Gasteiger partial charge in [-0.05, 0) is 118 Å². The van der Waals surface area contributed by atoms with E-state index in [1.807, 2.05) is 26.8 Å². The average molecular weight is 687 g/mol. The first-order valence-electron chi connectivity index (χ1n) is 18.6. The van der Waals surface area contributed by atoms with Crippen LogP contribution in [0, 0.1) is 50.2 Å². The van der Waals surface area contributed by atoms with E-state index in [-0.39, 0.29) is 53.2 Å². The molecule has 4 saturated carbocycles. The predicted molar refractivity (Wildman–Crippen MR) is 191 cm³/mol.